The van der Waals surface area contributed by atoms with Gasteiger partial charge >= 0.3 is 6.18 Å². The lowest BCUT2D eigenvalue weighted by Crippen LogP contribution is -2.25. The number of amides is 1. The maximum Gasteiger partial charge on any atom is 0.389 e. The lowest BCUT2D eigenvalue weighted by atomic mass is 10.1. The zero-order valence-electron chi connectivity index (χ0n) is 10.3. The predicted molar refractivity (Wildman–Crippen MR) is 67.5 cm³/mol. The largest absolute Gasteiger partial charge is 0.399 e. The van der Waals surface area contributed by atoms with Gasteiger partial charge in [0.2, 0.25) is 0 Å². The number of anilines is 2. The van der Waals surface area contributed by atoms with Crippen molar-refractivity contribution in [2.75, 3.05) is 18.0 Å². The first-order valence-electron chi connectivity index (χ1n) is 5.79. The third-order valence-corrected chi connectivity index (χ3v) is 2.41. The number of benzene rings is 1. The molecule has 5 N–H and O–H groups in total. The first kappa shape index (κ1) is 15.1. The first-order chi connectivity index (χ1) is 8.78. The minimum Gasteiger partial charge on any atom is -0.399 e. The van der Waals surface area contributed by atoms with E-state index in [0.717, 1.165) is 0 Å². The van der Waals surface area contributed by atoms with Gasteiger partial charge < -0.3 is 16.8 Å². The van der Waals surface area contributed by atoms with E-state index < -0.39 is 18.5 Å². The van der Waals surface area contributed by atoms with E-state index in [-0.39, 0.29) is 19.4 Å². The molecular weight excluding hydrogens is 259 g/mol. The minimum absolute atomic E-state index is 0.0111. The van der Waals surface area contributed by atoms with Gasteiger partial charge in [0.25, 0.3) is 5.91 Å². The molecule has 0 fully saturated rings. The molecule has 1 aromatic carbocycles. The molecule has 1 amide bonds. The van der Waals surface area contributed by atoms with Crippen LogP contribution in [0.3, 0.4) is 0 Å². The summed E-state index contributed by atoms with van der Waals surface area (Å²) in [5.74, 6) is -0.397. The van der Waals surface area contributed by atoms with Crippen LogP contribution in [0.2, 0.25) is 0 Å². The SMILES string of the molecule is Nc1cc(N)cc(C(=O)NCCCCC(F)(F)F)c1. The van der Waals surface area contributed by atoms with Gasteiger partial charge in [0, 0.05) is 29.9 Å². The number of carbonyl (C=O) groups is 1. The number of alkyl halides is 3. The summed E-state index contributed by atoms with van der Waals surface area (Å²) in [6, 6.07) is 4.43. The van der Waals surface area contributed by atoms with Crippen LogP contribution in [0, 0.1) is 0 Å². The van der Waals surface area contributed by atoms with Crippen LogP contribution >= 0.6 is 0 Å². The summed E-state index contributed by atoms with van der Waals surface area (Å²) in [6.45, 7) is 0.184. The van der Waals surface area contributed by atoms with Crippen LogP contribution in [0.15, 0.2) is 18.2 Å². The summed E-state index contributed by atoms with van der Waals surface area (Å²) >= 11 is 0. The van der Waals surface area contributed by atoms with Crippen molar-refractivity contribution < 1.29 is 18.0 Å². The molecule has 0 aromatic heterocycles. The van der Waals surface area contributed by atoms with Gasteiger partial charge in [-0.25, -0.2) is 0 Å². The Bertz CT molecular complexity index is 426. The van der Waals surface area contributed by atoms with Gasteiger partial charge in [0.1, 0.15) is 0 Å². The number of halogens is 3. The molecule has 0 spiro atoms. The molecule has 106 valence electrons. The van der Waals surface area contributed by atoms with E-state index in [1.54, 1.807) is 0 Å². The number of nitrogen functional groups attached to an aromatic ring is 2. The number of hydrogen-bond acceptors (Lipinski definition) is 3. The van der Waals surface area contributed by atoms with E-state index in [1.165, 1.54) is 18.2 Å². The Morgan fingerprint density at radius 1 is 1.11 bits per heavy atom. The number of unbranched alkanes of at least 4 members (excludes halogenated alkanes) is 1. The van der Waals surface area contributed by atoms with Crippen LogP contribution in [-0.4, -0.2) is 18.6 Å². The zero-order chi connectivity index (χ0) is 14.5. The highest BCUT2D eigenvalue weighted by molar-refractivity contribution is 5.96. The number of carbonyl (C=O) groups excluding carboxylic acids is 1. The molecule has 7 heteroatoms. The van der Waals surface area contributed by atoms with Crippen LogP contribution in [-0.2, 0) is 0 Å². The lowest BCUT2D eigenvalue weighted by Gasteiger charge is -2.08. The fourth-order valence-corrected chi connectivity index (χ4v) is 1.56. The average molecular weight is 275 g/mol. The van der Waals surface area contributed by atoms with E-state index >= 15 is 0 Å². The number of nitrogens with two attached hydrogens (primary N) is 2. The van der Waals surface area contributed by atoms with Crippen molar-refractivity contribution in [1.29, 1.82) is 0 Å². The summed E-state index contributed by atoms with van der Waals surface area (Å²) in [6.07, 6.45) is -4.73. The lowest BCUT2D eigenvalue weighted by molar-refractivity contribution is -0.135. The topological polar surface area (TPSA) is 81.1 Å². The van der Waals surface area contributed by atoms with Crippen molar-refractivity contribution in [2.24, 2.45) is 0 Å². The molecule has 0 aliphatic carbocycles. The van der Waals surface area contributed by atoms with Gasteiger partial charge in [0.05, 0.1) is 0 Å². The highest BCUT2D eigenvalue weighted by Gasteiger charge is 2.25. The van der Waals surface area contributed by atoms with Crippen molar-refractivity contribution >= 4 is 17.3 Å². The van der Waals surface area contributed by atoms with Gasteiger partial charge in [-0.05, 0) is 31.0 Å². The molecule has 19 heavy (non-hydrogen) atoms. The Hall–Kier alpha value is -1.92. The van der Waals surface area contributed by atoms with E-state index in [4.69, 9.17) is 11.5 Å². The van der Waals surface area contributed by atoms with Crippen molar-refractivity contribution in [3.05, 3.63) is 23.8 Å². The summed E-state index contributed by atoms with van der Waals surface area (Å²) in [4.78, 5) is 11.7. The maximum absolute atomic E-state index is 11.9. The van der Waals surface area contributed by atoms with Gasteiger partial charge in [-0.15, -0.1) is 0 Å². The molecule has 0 aliphatic heterocycles. The van der Waals surface area contributed by atoms with Gasteiger partial charge in [-0.2, -0.15) is 13.2 Å². The standard InChI is InChI=1S/C12H16F3N3O/c13-12(14,15)3-1-2-4-18-11(19)8-5-9(16)7-10(17)6-8/h5-7H,1-4,16-17H2,(H,18,19). The quantitative estimate of drug-likeness (QED) is 0.569. The van der Waals surface area contributed by atoms with Gasteiger partial charge in [0.15, 0.2) is 0 Å². The zero-order valence-corrected chi connectivity index (χ0v) is 10.3. The Morgan fingerprint density at radius 3 is 2.21 bits per heavy atom. The smallest absolute Gasteiger partial charge is 0.389 e. The number of rotatable bonds is 5. The second-order valence-corrected chi connectivity index (χ2v) is 4.22. The molecule has 4 nitrogen and oxygen atoms in total. The molecule has 0 saturated heterocycles. The molecular formula is C12H16F3N3O. The first-order valence-corrected chi connectivity index (χ1v) is 5.79. The van der Waals surface area contributed by atoms with Gasteiger partial charge in [-0.1, -0.05) is 0 Å². The molecule has 0 aliphatic rings. The molecule has 0 unspecified atom stereocenters. The summed E-state index contributed by atoms with van der Waals surface area (Å²) in [5, 5.41) is 2.52. The van der Waals surface area contributed by atoms with E-state index in [1.807, 2.05) is 0 Å². The molecule has 1 rings (SSSR count). The Kier molecular flexibility index (Phi) is 5.02. The molecule has 0 saturated carbocycles. The van der Waals surface area contributed by atoms with Crippen molar-refractivity contribution in [2.45, 2.75) is 25.4 Å². The fourth-order valence-electron chi connectivity index (χ4n) is 1.56. The normalized spacial score (nSPS) is 11.3. The number of hydrogen-bond donors (Lipinski definition) is 3. The molecule has 0 atom stereocenters. The Balaban J connectivity index is 2.35. The highest BCUT2D eigenvalue weighted by Crippen LogP contribution is 2.21. The van der Waals surface area contributed by atoms with E-state index in [0.29, 0.717) is 16.9 Å². The minimum atomic E-state index is -4.15. The highest BCUT2D eigenvalue weighted by atomic mass is 19.4. The van der Waals surface area contributed by atoms with Crippen molar-refractivity contribution in [3.8, 4) is 0 Å². The second-order valence-electron chi connectivity index (χ2n) is 4.22. The molecule has 1 aromatic rings. The van der Waals surface area contributed by atoms with Crippen molar-refractivity contribution in [3.63, 3.8) is 0 Å². The summed E-state index contributed by atoms with van der Waals surface area (Å²) in [7, 11) is 0. The van der Waals surface area contributed by atoms with Crippen LogP contribution in [0.25, 0.3) is 0 Å². The Morgan fingerprint density at radius 2 is 1.68 bits per heavy atom. The van der Waals surface area contributed by atoms with Crippen LogP contribution in [0.1, 0.15) is 29.6 Å². The van der Waals surface area contributed by atoms with Crippen molar-refractivity contribution in [1.82, 2.24) is 5.32 Å². The third-order valence-electron chi connectivity index (χ3n) is 2.41. The summed E-state index contributed by atoms with van der Waals surface area (Å²) in [5.41, 5.74) is 12.1. The monoisotopic (exact) mass is 275 g/mol. The average Bonchev–Trinajstić information content (AvgIpc) is 2.25. The van der Waals surface area contributed by atoms with Crippen LogP contribution < -0.4 is 16.8 Å². The maximum atomic E-state index is 11.9. The van der Waals surface area contributed by atoms with Crippen LogP contribution in [0.5, 0.6) is 0 Å². The number of nitrogens with one attached hydrogen (secondary N) is 1. The van der Waals surface area contributed by atoms with Gasteiger partial charge in [-0.3, -0.25) is 4.79 Å². The third kappa shape index (κ3) is 5.98. The molecule has 0 radical (unpaired) electrons. The molecule has 0 bridgehead atoms. The summed E-state index contributed by atoms with van der Waals surface area (Å²) < 4.78 is 35.6. The van der Waals surface area contributed by atoms with Crippen LogP contribution in [0.4, 0.5) is 24.5 Å². The van der Waals surface area contributed by atoms with E-state index in [9.17, 15) is 18.0 Å². The second kappa shape index (κ2) is 6.31. The predicted octanol–water partition coefficient (Wildman–Crippen LogP) is 2.31. The Labute approximate surface area is 109 Å². The fraction of sp³-hybridized carbons (Fsp3) is 0.417. The van der Waals surface area contributed by atoms with E-state index in [2.05, 4.69) is 5.32 Å². The molecule has 0 heterocycles.